The summed E-state index contributed by atoms with van der Waals surface area (Å²) in [4.78, 5) is 0. The van der Waals surface area contributed by atoms with Gasteiger partial charge in [0.15, 0.2) is 23.9 Å². The Morgan fingerprint density at radius 1 is 0.906 bits per heavy atom. The number of ether oxygens (including phenoxy) is 2. The van der Waals surface area contributed by atoms with Crippen LogP contribution in [0.25, 0.3) is 11.1 Å². The van der Waals surface area contributed by atoms with Crippen molar-refractivity contribution in [2.24, 2.45) is 5.92 Å². The minimum atomic E-state index is -2.29. The van der Waals surface area contributed by atoms with Crippen molar-refractivity contribution in [2.45, 2.75) is 70.8 Å². The number of hydrogen-bond acceptors (Lipinski definition) is 2. The lowest BCUT2D eigenvalue weighted by molar-refractivity contribution is -0.0216. The lowest BCUT2D eigenvalue weighted by atomic mass is 9.81. The minimum Gasteiger partial charge on any atom is -0.491 e. The fourth-order valence-corrected chi connectivity index (χ4v) is 5.01. The quantitative estimate of drug-likeness (QED) is 0.405. The van der Waals surface area contributed by atoms with Gasteiger partial charge in [-0.05, 0) is 67.7 Å². The van der Waals surface area contributed by atoms with Gasteiger partial charge in [-0.25, -0.2) is 17.6 Å². The van der Waals surface area contributed by atoms with Crippen molar-refractivity contribution in [1.82, 2.24) is 0 Å². The molecule has 0 aromatic heterocycles. The number of hydrogen-bond donors (Lipinski definition) is 0. The summed E-state index contributed by atoms with van der Waals surface area (Å²) in [7, 11) is 0. The zero-order chi connectivity index (χ0) is 22.8. The fourth-order valence-electron chi connectivity index (χ4n) is 5.01. The van der Waals surface area contributed by atoms with Gasteiger partial charge in [-0.2, -0.15) is 0 Å². The number of fused-ring (bicyclic) bond motifs is 3. The van der Waals surface area contributed by atoms with Crippen LogP contribution < -0.4 is 4.74 Å². The molecular weight excluding hydrogens is 420 g/mol. The van der Waals surface area contributed by atoms with Crippen LogP contribution in [0.2, 0.25) is 0 Å². The van der Waals surface area contributed by atoms with E-state index >= 15 is 8.78 Å². The maximum atomic E-state index is 15.3. The zero-order valence-corrected chi connectivity index (χ0v) is 18.6. The molecular formula is C26H30F4O2. The molecule has 2 aromatic rings. The third-order valence-corrected chi connectivity index (χ3v) is 6.70. The number of benzene rings is 2. The van der Waals surface area contributed by atoms with Crippen LogP contribution in [0.15, 0.2) is 24.3 Å². The van der Waals surface area contributed by atoms with Crippen LogP contribution >= 0.6 is 0 Å². The Kier molecular flexibility index (Phi) is 7.08. The topological polar surface area (TPSA) is 18.5 Å². The Hall–Kier alpha value is -2.08. The maximum Gasteiger partial charge on any atom is 0.171 e. The van der Waals surface area contributed by atoms with Gasteiger partial charge >= 0.3 is 0 Å². The first kappa shape index (κ1) is 23.1. The molecule has 1 fully saturated rings. The van der Waals surface area contributed by atoms with Crippen molar-refractivity contribution < 1.29 is 27.0 Å². The van der Waals surface area contributed by atoms with Gasteiger partial charge in [0.2, 0.25) is 0 Å². The van der Waals surface area contributed by atoms with Crippen LogP contribution in [0.4, 0.5) is 17.6 Å². The number of rotatable bonds is 7. The molecule has 0 N–H and O–H groups in total. The molecule has 2 nitrogen and oxygen atoms in total. The third kappa shape index (κ3) is 4.26. The van der Waals surface area contributed by atoms with E-state index in [0.29, 0.717) is 24.3 Å². The van der Waals surface area contributed by atoms with Crippen LogP contribution in [0, 0.1) is 17.6 Å². The first-order valence-electron chi connectivity index (χ1n) is 11.6. The van der Waals surface area contributed by atoms with Crippen LogP contribution in [-0.2, 0) is 11.2 Å². The molecule has 174 valence electrons. The average Bonchev–Trinajstić information content (AvgIpc) is 2.79. The van der Waals surface area contributed by atoms with Crippen molar-refractivity contribution in [3.05, 3.63) is 52.6 Å². The van der Waals surface area contributed by atoms with Gasteiger partial charge < -0.3 is 9.47 Å². The third-order valence-electron chi connectivity index (χ3n) is 6.70. The van der Waals surface area contributed by atoms with E-state index in [4.69, 9.17) is 9.47 Å². The molecule has 0 bridgehead atoms. The van der Waals surface area contributed by atoms with E-state index in [9.17, 15) is 8.78 Å². The van der Waals surface area contributed by atoms with E-state index in [0.717, 1.165) is 32.3 Å². The Bertz CT molecular complexity index is 953. The molecule has 4 atom stereocenters. The smallest absolute Gasteiger partial charge is 0.171 e. The van der Waals surface area contributed by atoms with E-state index < -0.39 is 29.5 Å². The molecule has 2 aliphatic rings. The molecule has 4 unspecified atom stereocenters. The summed E-state index contributed by atoms with van der Waals surface area (Å²) in [5.74, 6) is -1.20. The summed E-state index contributed by atoms with van der Waals surface area (Å²) in [5, 5.41) is 0. The highest BCUT2D eigenvalue weighted by Crippen LogP contribution is 2.51. The normalized spacial score (nSPS) is 24.7. The van der Waals surface area contributed by atoms with Crippen molar-refractivity contribution in [3.8, 4) is 16.9 Å². The molecule has 0 saturated carbocycles. The average molecular weight is 451 g/mol. The zero-order valence-electron chi connectivity index (χ0n) is 18.6. The van der Waals surface area contributed by atoms with Crippen molar-refractivity contribution >= 4 is 0 Å². The second-order valence-electron chi connectivity index (χ2n) is 8.80. The van der Waals surface area contributed by atoms with E-state index in [1.807, 2.05) is 0 Å². The van der Waals surface area contributed by atoms with Crippen molar-refractivity contribution in [1.29, 1.82) is 0 Å². The van der Waals surface area contributed by atoms with E-state index in [2.05, 4.69) is 6.92 Å². The molecule has 1 heterocycles. The van der Waals surface area contributed by atoms with Crippen molar-refractivity contribution in [2.75, 3.05) is 13.2 Å². The molecule has 2 aromatic carbocycles. The maximum absolute atomic E-state index is 15.3. The SMILES string of the molecule is CCCC1CCC(CCc2ccc3c(c2F)C(F)C(F)c2c-3ccc(OCC)c2F)OC1. The van der Waals surface area contributed by atoms with Crippen LogP contribution in [-0.4, -0.2) is 19.3 Å². The number of halogens is 4. The second-order valence-corrected chi connectivity index (χ2v) is 8.80. The number of alkyl halides is 2. The lowest BCUT2D eigenvalue weighted by Crippen LogP contribution is -2.26. The first-order chi connectivity index (χ1) is 15.5. The Morgan fingerprint density at radius 2 is 1.59 bits per heavy atom. The van der Waals surface area contributed by atoms with Gasteiger partial charge in [0, 0.05) is 17.7 Å². The van der Waals surface area contributed by atoms with Crippen LogP contribution in [0.5, 0.6) is 5.75 Å². The molecule has 0 amide bonds. The van der Waals surface area contributed by atoms with E-state index in [1.54, 1.807) is 19.1 Å². The summed E-state index contributed by atoms with van der Waals surface area (Å²) >= 11 is 0. The highest BCUT2D eigenvalue weighted by Gasteiger charge is 2.40. The Morgan fingerprint density at radius 3 is 2.22 bits per heavy atom. The number of aryl methyl sites for hydroxylation is 1. The lowest BCUT2D eigenvalue weighted by Gasteiger charge is -2.30. The highest BCUT2D eigenvalue weighted by atomic mass is 19.2. The largest absolute Gasteiger partial charge is 0.491 e. The fraction of sp³-hybridized carbons (Fsp3) is 0.538. The van der Waals surface area contributed by atoms with Gasteiger partial charge in [-0.3, -0.25) is 0 Å². The highest BCUT2D eigenvalue weighted by molar-refractivity contribution is 5.76. The van der Waals surface area contributed by atoms with Crippen molar-refractivity contribution in [3.63, 3.8) is 0 Å². The standard InChI is InChI=1S/C26H30F4O2/c1-3-5-15-6-9-17(32-14-15)10-7-16-8-11-18-19-12-13-20(31-4-2)24(28)22(19)26(30)25(29)21(18)23(16)27/h8,11-13,15,17,25-26H,3-7,9-10,14H2,1-2H3. The predicted octanol–water partition coefficient (Wildman–Crippen LogP) is 7.59. The Balaban J connectivity index is 1.56. The van der Waals surface area contributed by atoms with Crippen LogP contribution in [0.3, 0.4) is 0 Å². The summed E-state index contributed by atoms with van der Waals surface area (Å²) in [6.45, 7) is 4.77. The molecule has 1 saturated heterocycles. The minimum absolute atomic E-state index is 0.0560. The molecule has 0 radical (unpaired) electrons. The molecule has 32 heavy (non-hydrogen) atoms. The summed E-state index contributed by atoms with van der Waals surface area (Å²) < 4.78 is 71.2. The predicted molar refractivity (Wildman–Crippen MR) is 116 cm³/mol. The second kappa shape index (κ2) is 9.82. The molecule has 1 aliphatic heterocycles. The van der Waals surface area contributed by atoms with Gasteiger partial charge in [-0.1, -0.05) is 31.5 Å². The van der Waals surface area contributed by atoms with Crippen LogP contribution in [0.1, 0.15) is 75.0 Å². The monoisotopic (exact) mass is 450 g/mol. The van der Waals surface area contributed by atoms with E-state index in [-0.39, 0.29) is 35.2 Å². The van der Waals surface area contributed by atoms with Gasteiger partial charge in [0.25, 0.3) is 0 Å². The molecule has 4 rings (SSSR count). The van der Waals surface area contributed by atoms with Gasteiger partial charge in [0.05, 0.1) is 12.7 Å². The Labute approximate surface area is 186 Å². The van der Waals surface area contributed by atoms with Gasteiger partial charge in [-0.15, -0.1) is 0 Å². The molecule has 0 spiro atoms. The molecule has 1 aliphatic carbocycles. The van der Waals surface area contributed by atoms with Gasteiger partial charge in [0.1, 0.15) is 5.82 Å². The summed E-state index contributed by atoms with van der Waals surface area (Å²) in [6.07, 6.45) is 0.841. The summed E-state index contributed by atoms with van der Waals surface area (Å²) in [5.41, 5.74) is -0.0157. The summed E-state index contributed by atoms with van der Waals surface area (Å²) in [6, 6.07) is 6.03. The van der Waals surface area contributed by atoms with E-state index in [1.165, 1.54) is 12.1 Å². The molecule has 6 heteroatoms. The first-order valence-corrected chi connectivity index (χ1v) is 11.6.